The van der Waals surface area contributed by atoms with Gasteiger partial charge in [0.25, 0.3) is 5.91 Å². The number of nitrogens with zero attached hydrogens (tertiary/aromatic N) is 1. The van der Waals surface area contributed by atoms with E-state index >= 15 is 0 Å². The van der Waals surface area contributed by atoms with E-state index in [0.29, 0.717) is 18.7 Å². The molecule has 21 heavy (non-hydrogen) atoms. The molecule has 1 amide bonds. The Morgan fingerprint density at radius 1 is 1.29 bits per heavy atom. The number of carbonyl (C=O) groups is 2. The lowest BCUT2D eigenvalue weighted by atomic mass is 10.2. The van der Waals surface area contributed by atoms with E-state index < -0.39 is 0 Å². The molecule has 0 bridgehead atoms. The fourth-order valence-corrected chi connectivity index (χ4v) is 1.97. The summed E-state index contributed by atoms with van der Waals surface area (Å²) in [5.41, 5.74) is 1.35. The third-order valence-corrected chi connectivity index (χ3v) is 2.92. The Balaban J connectivity index is 1.90. The minimum atomic E-state index is -0.280. The average molecular weight is 286 g/mol. The van der Waals surface area contributed by atoms with Gasteiger partial charge < -0.3 is 15.0 Å². The van der Waals surface area contributed by atoms with Crippen molar-refractivity contribution >= 4 is 11.9 Å². The molecule has 5 heteroatoms. The molecule has 1 aromatic carbocycles. The van der Waals surface area contributed by atoms with Crippen molar-refractivity contribution in [2.24, 2.45) is 0 Å². The summed E-state index contributed by atoms with van der Waals surface area (Å²) in [6.45, 7) is 2.77. The molecule has 0 spiro atoms. The van der Waals surface area contributed by atoms with E-state index in [1.54, 1.807) is 36.2 Å². The number of hydrogen-bond acceptors (Lipinski definition) is 4. The van der Waals surface area contributed by atoms with E-state index in [-0.39, 0.29) is 18.4 Å². The molecule has 1 aromatic rings. The fourth-order valence-electron chi connectivity index (χ4n) is 1.97. The normalized spacial score (nSPS) is 13.6. The highest BCUT2D eigenvalue weighted by Gasteiger charge is 2.14. The molecule has 0 saturated carbocycles. The van der Waals surface area contributed by atoms with E-state index in [9.17, 15) is 9.59 Å². The van der Waals surface area contributed by atoms with Gasteiger partial charge in [-0.1, -0.05) is 18.2 Å². The van der Waals surface area contributed by atoms with Crippen molar-refractivity contribution in [3.63, 3.8) is 0 Å². The monoisotopic (exact) mass is 286 g/mol. The van der Waals surface area contributed by atoms with Crippen LogP contribution >= 0.6 is 0 Å². The van der Waals surface area contributed by atoms with Crippen LogP contribution < -0.4 is 5.32 Å². The number of hydrogen-bond donors (Lipinski definition) is 1. The van der Waals surface area contributed by atoms with Crippen LogP contribution in [0.5, 0.6) is 0 Å². The van der Waals surface area contributed by atoms with Gasteiger partial charge in [-0.05, 0) is 31.2 Å². The summed E-state index contributed by atoms with van der Waals surface area (Å²) in [4.78, 5) is 25.3. The number of nitrogens with one attached hydrogen (secondary N) is 1. The summed E-state index contributed by atoms with van der Waals surface area (Å²) in [6.07, 6.45) is 5.42. The standard InChI is InChI=1S/C16H18N2O3/c1-2-21-15(19)12-18-10-6-9-14(11-18)17-16(20)13-7-4-3-5-8-13/h3-10H,2,11-12H2,1H3,(H,17,20). The summed E-state index contributed by atoms with van der Waals surface area (Å²) in [6, 6.07) is 9.00. The highest BCUT2D eigenvalue weighted by atomic mass is 16.5. The third-order valence-electron chi connectivity index (χ3n) is 2.92. The maximum Gasteiger partial charge on any atom is 0.325 e. The SMILES string of the molecule is CCOC(=O)CN1C=CC=C(NC(=O)c2ccccc2)C1. The molecule has 2 rings (SSSR count). The molecule has 0 saturated heterocycles. The lowest BCUT2D eigenvalue weighted by Gasteiger charge is -2.23. The molecule has 1 aliphatic rings. The van der Waals surface area contributed by atoms with Gasteiger partial charge in [0, 0.05) is 17.5 Å². The molecular weight excluding hydrogens is 268 g/mol. The Hall–Kier alpha value is -2.56. The van der Waals surface area contributed by atoms with Crippen LogP contribution in [0.25, 0.3) is 0 Å². The smallest absolute Gasteiger partial charge is 0.325 e. The molecule has 0 aliphatic carbocycles. The van der Waals surface area contributed by atoms with Crippen LogP contribution in [0.15, 0.2) is 54.4 Å². The van der Waals surface area contributed by atoms with Crippen molar-refractivity contribution in [1.82, 2.24) is 10.2 Å². The molecule has 0 fully saturated rings. The van der Waals surface area contributed by atoms with Crippen molar-refractivity contribution in [3.05, 3.63) is 59.9 Å². The van der Waals surface area contributed by atoms with Gasteiger partial charge in [0.15, 0.2) is 0 Å². The number of benzene rings is 1. The first kappa shape index (κ1) is 14.8. The molecular formula is C16H18N2O3. The molecule has 0 aromatic heterocycles. The van der Waals surface area contributed by atoms with E-state index in [2.05, 4.69) is 5.32 Å². The van der Waals surface area contributed by atoms with Gasteiger partial charge in [-0.3, -0.25) is 9.59 Å². The minimum Gasteiger partial charge on any atom is -0.465 e. The van der Waals surface area contributed by atoms with E-state index in [1.807, 2.05) is 24.3 Å². The third kappa shape index (κ3) is 4.49. The quantitative estimate of drug-likeness (QED) is 0.837. The zero-order valence-corrected chi connectivity index (χ0v) is 11.9. The van der Waals surface area contributed by atoms with E-state index in [1.165, 1.54) is 0 Å². The van der Waals surface area contributed by atoms with Gasteiger partial charge in [0.1, 0.15) is 6.54 Å². The predicted molar refractivity (Wildman–Crippen MR) is 79.3 cm³/mol. The topological polar surface area (TPSA) is 58.6 Å². The van der Waals surface area contributed by atoms with E-state index in [0.717, 1.165) is 5.70 Å². The van der Waals surface area contributed by atoms with Crippen molar-refractivity contribution in [1.29, 1.82) is 0 Å². The number of esters is 1. The van der Waals surface area contributed by atoms with Gasteiger partial charge in [-0.15, -0.1) is 0 Å². The molecule has 0 atom stereocenters. The van der Waals surface area contributed by atoms with Gasteiger partial charge in [-0.25, -0.2) is 0 Å². The van der Waals surface area contributed by atoms with Crippen LogP contribution in [0.3, 0.4) is 0 Å². The van der Waals surface area contributed by atoms with Crippen LogP contribution in [0.1, 0.15) is 17.3 Å². The average Bonchev–Trinajstić information content (AvgIpc) is 2.48. The summed E-state index contributed by atoms with van der Waals surface area (Å²) in [5, 5.41) is 2.85. The number of amides is 1. The van der Waals surface area contributed by atoms with Crippen LogP contribution in [0.2, 0.25) is 0 Å². The second-order valence-electron chi connectivity index (χ2n) is 4.56. The Bertz CT molecular complexity index is 564. The summed E-state index contributed by atoms with van der Waals surface area (Å²) < 4.78 is 4.91. The van der Waals surface area contributed by atoms with Crippen LogP contribution in [0, 0.1) is 0 Å². The van der Waals surface area contributed by atoms with Gasteiger partial charge in [-0.2, -0.15) is 0 Å². The summed E-state index contributed by atoms with van der Waals surface area (Å²) >= 11 is 0. The summed E-state index contributed by atoms with van der Waals surface area (Å²) in [5.74, 6) is -0.439. The molecule has 0 radical (unpaired) electrons. The summed E-state index contributed by atoms with van der Waals surface area (Å²) in [7, 11) is 0. The molecule has 110 valence electrons. The second kappa shape index (κ2) is 7.28. The van der Waals surface area contributed by atoms with Crippen LogP contribution in [-0.4, -0.2) is 36.5 Å². The maximum absolute atomic E-state index is 12.1. The molecule has 5 nitrogen and oxygen atoms in total. The highest BCUT2D eigenvalue weighted by molar-refractivity contribution is 5.95. The van der Waals surface area contributed by atoms with Crippen LogP contribution in [-0.2, 0) is 9.53 Å². The first-order valence-electron chi connectivity index (χ1n) is 6.82. The Morgan fingerprint density at radius 3 is 2.76 bits per heavy atom. The molecule has 1 N–H and O–H groups in total. The van der Waals surface area contributed by atoms with Gasteiger partial charge in [0.2, 0.25) is 0 Å². The zero-order chi connectivity index (χ0) is 15.1. The Kier molecular flexibility index (Phi) is 5.15. The Labute approximate surface area is 123 Å². The molecule has 0 unspecified atom stereocenters. The highest BCUT2D eigenvalue weighted by Crippen LogP contribution is 2.07. The minimum absolute atomic E-state index is 0.159. The fraction of sp³-hybridized carbons (Fsp3) is 0.250. The molecule has 1 aliphatic heterocycles. The number of rotatable bonds is 5. The van der Waals surface area contributed by atoms with Crippen molar-refractivity contribution in [3.8, 4) is 0 Å². The van der Waals surface area contributed by atoms with Crippen LogP contribution in [0.4, 0.5) is 0 Å². The van der Waals surface area contributed by atoms with Gasteiger partial charge in [0.05, 0.1) is 13.2 Å². The molecule has 1 heterocycles. The number of carbonyl (C=O) groups excluding carboxylic acids is 2. The first-order valence-corrected chi connectivity index (χ1v) is 6.82. The van der Waals surface area contributed by atoms with Crippen molar-refractivity contribution in [2.75, 3.05) is 19.7 Å². The van der Waals surface area contributed by atoms with Crippen molar-refractivity contribution < 1.29 is 14.3 Å². The largest absolute Gasteiger partial charge is 0.465 e. The zero-order valence-electron chi connectivity index (χ0n) is 11.9. The Morgan fingerprint density at radius 2 is 2.05 bits per heavy atom. The van der Waals surface area contributed by atoms with Crippen molar-refractivity contribution in [2.45, 2.75) is 6.92 Å². The van der Waals surface area contributed by atoms with E-state index in [4.69, 9.17) is 4.74 Å². The second-order valence-corrected chi connectivity index (χ2v) is 4.56. The lowest BCUT2D eigenvalue weighted by molar-refractivity contribution is -0.143. The first-order chi connectivity index (χ1) is 10.2. The number of allylic oxidation sites excluding steroid dienone is 2. The predicted octanol–water partition coefficient (Wildman–Crippen LogP) is 1.69. The van der Waals surface area contributed by atoms with Gasteiger partial charge >= 0.3 is 5.97 Å². The number of ether oxygens (including phenoxy) is 1. The maximum atomic E-state index is 12.1. The lowest BCUT2D eigenvalue weighted by Crippen LogP contribution is -2.35.